The molecule has 1 rings (SSSR count). The van der Waals surface area contributed by atoms with E-state index in [1.54, 1.807) is 0 Å². The number of nitrogens with one attached hydrogen (secondary N) is 1. The molecule has 0 saturated heterocycles. The summed E-state index contributed by atoms with van der Waals surface area (Å²) in [4.78, 5) is 0. The van der Waals surface area contributed by atoms with Gasteiger partial charge in [-0.05, 0) is 49.0 Å². The Labute approximate surface area is 114 Å². The lowest BCUT2D eigenvalue weighted by Gasteiger charge is -2.17. The van der Waals surface area contributed by atoms with Crippen molar-refractivity contribution < 1.29 is 0 Å². The Morgan fingerprint density at radius 2 is 2.00 bits per heavy atom. The summed E-state index contributed by atoms with van der Waals surface area (Å²) in [6.07, 6.45) is 2.40. The van der Waals surface area contributed by atoms with Crippen molar-refractivity contribution in [2.24, 2.45) is 11.8 Å². The molecule has 0 fully saturated rings. The van der Waals surface area contributed by atoms with Crippen LogP contribution in [0, 0.1) is 11.8 Å². The van der Waals surface area contributed by atoms with Gasteiger partial charge in [-0.1, -0.05) is 55.3 Å². The molecular formula is C15H24BrN. The molecule has 0 aliphatic carbocycles. The van der Waals surface area contributed by atoms with Crippen LogP contribution in [0.1, 0.15) is 32.8 Å². The number of halogens is 1. The molecule has 0 aliphatic heterocycles. The number of hydrogen-bond acceptors (Lipinski definition) is 1. The molecule has 1 unspecified atom stereocenters. The Kier molecular flexibility index (Phi) is 6.83. The zero-order valence-electron chi connectivity index (χ0n) is 11.2. The van der Waals surface area contributed by atoms with Crippen molar-refractivity contribution in [1.82, 2.24) is 5.32 Å². The summed E-state index contributed by atoms with van der Waals surface area (Å²) >= 11 is 3.53. The first-order valence-corrected chi connectivity index (χ1v) is 7.36. The zero-order valence-corrected chi connectivity index (χ0v) is 12.8. The van der Waals surface area contributed by atoms with Crippen molar-refractivity contribution >= 4 is 15.9 Å². The molecule has 0 aliphatic rings. The molecule has 1 aromatic rings. The molecule has 1 N–H and O–H groups in total. The summed E-state index contributed by atoms with van der Waals surface area (Å²) < 4.78 is 1.18. The summed E-state index contributed by atoms with van der Waals surface area (Å²) in [7, 11) is 0. The van der Waals surface area contributed by atoms with E-state index in [2.05, 4.69) is 66.3 Å². The van der Waals surface area contributed by atoms with Gasteiger partial charge in [-0.3, -0.25) is 0 Å². The highest BCUT2D eigenvalue weighted by atomic mass is 79.9. The first kappa shape index (κ1) is 14.7. The van der Waals surface area contributed by atoms with E-state index in [4.69, 9.17) is 0 Å². The van der Waals surface area contributed by atoms with Crippen molar-refractivity contribution in [1.29, 1.82) is 0 Å². The highest BCUT2D eigenvalue weighted by Gasteiger charge is 2.07. The third kappa shape index (κ3) is 6.23. The van der Waals surface area contributed by atoms with Gasteiger partial charge in [0.05, 0.1) is 0 Å². The van der Waals surface area contributed by atoms with Gasteiger partial charge in [-0.25, -0.2) is 0 Å². The van der Waals surface area contributed by atoms with Crippen LogP contribution in [0.25, 0.3) is 0 Å². The van der Waals surface area contributed by atoms with E-state index in [0.29, 0.717) is 0 Å². The van der Waals surface area contributed by atoms with E-state index in [1.165, 1.54) is 22.9 Å². The highest BCUT2D eigenvalue weighted by Crippen LogP contribution is 2.16. The smallest absolute Gasteiger partial charge is 0.0177 e. The second-order valence-corrected chi connectivity index (χ2v) is 6.08. The van der Waals surface area contributed by atoms with Gasteiger partial charge in [0.25, 0.3) is 0 Å². The molecule has 1 aromatic carbocycles. The fourth-order valence-corrected chi connectivity index (χ4v) is 2.38. The van der Waals surface area contributed by atoms with Crippen LogP contribution in [0.5, 0.6) is 0 Å². The number of hydrogen-bond donors (Lipinski definition) is 1. The SMILES string of the molecule is CCC(CNCC(C)C)Cc1cccc(Br)c1. The number of benzene rings is 1. The molecule has 0 heterocycles. The van der Waals surface area contributed by atoms with Crippen LogP contribution in [0.3, 0.4) is 0 Å². The molecule has 0 bridgehead atoms. The molecule has 0 saturated carbocycles. The molecular weight excluding hydrogens is 274 g/mol. The van der Waals surface area contributed by atoms with Crippen molar-refractivity contribution in [2.75, 3.05) is 13.1 Å². The molecule has 17 heavy (non-hydrogen) atoms. The second-order valence-electron chi connectivity index (χ2n) is 5.16. The van der Waals surface area contributed by atoms with Gasteiger partial charge in [0.1, 0.15) is 0 Å². The quantitative estimate of drug-likeness (QED) is 0.793. The van der Waals surface area contributed by atoms with Crippen LogP contribution in [0.2, 0.25) is 0 Å². The third-order valence-electron chi connectivity index (χ3n) is 2.98. The van der Waals surface area contributed by atoms with Crippen LogP contribution in [-0.2, 0) is 6.42 Å². The molecule has 0 amide bonds. The molecule has 96 valence electrons. The average Bonchev–Trinajstić information content (AvgIpc) is 2.27. The van der Waals surface area contributed by atoms with E-state index in [9.17, 15) is 0 Å². The predicted octanol–water partition coefficient (Wildman–Crippen LogP) is 4.26. The molecule has 1 nitrogen and oxygen atoms in total. The fourth-order valence-electron chi connectivity index (χ4n) is 1.93. The van der Waals surface area contributed by atoms with Crippen molar-refractivity contribution in [3.63, 3.8) is 0 Å². The monoisotopic (exact) mass is 297 g/mol. The summed E-state index contributed by atoms with van der Waals surface area (Å²) in [5.74, 6) is 1.47. The van der Waals surface area contributed by atoms with Crippen LogP contribution in [0.4, 0.5) is 0 Å². The normalized spacial score (nSPS) is 13.0. The minimum absolute atomic E-state index is 0.735. The van der Waals surface area contributed by atoms with Crippen molar-refractivity contribution in [3.05, 3.63) is 34.3 Å². The van der Waals surface area contributed by atoms with E-state index in [-0.39, 0.29) is 0 Å². The van der Waals surface area contributed by atoms with Crippen LogP contribution < -0.4 is 5.32 Å². The largest absolute Gasteiger partial charge is 0.316 e. The van der Waals surface area contributed by atoms with Gasteiger partial charge in [-0.15, -0.1) is 0 Å². The standard InChI is InChI=1S/C15H24BrN/c1-4-13(11-17-10-12(2)3)8-14-6-5-7-15(16)9-14/h5-7,9,12-13,17H,4,8,10-11H2,1-3H3. The first-order valence-electron chi connectivity index (χ1n) is 6.57. The molecule has 0 spiro atoms. The lowest BCUT2D eigenvalue weighted by Crippen LogP contribution is -2.27. The summed E-state index contributed by atoms with van der Waals surface area (Å²) in [6.45, 7) is 9.03. The molecule has 0 aromatic heterocycles. The second kappa shape index (κ2) is 7.88. The van der Waals surface area contributed by atoms with Gasteiger partial charge in [-0.2, -0.15) is 0 Å². The van der Waals surface area contributed by atoms with Crippen LogP contribution in [0.15, 0.2) is 28.7 Å². The van der Waals surface area contributed by atoms with E-state index >= 15 is 0 Å². The Hall–Kier alpha value is -0.340. The summed E-state index contributed by atoms with van der Waals surface area (Å²) in [5.41, 5.74) is 1.43. The Bertz CT molecular complexity index is 322. The molecule has 1 atom stereocenters. The zero-order chi connectivity index (χ0) is 12.7. The maximum atomic E-state index is 3.56. The van der Waals surface area contributed by atoms with Gasteiger partial charge in [0.15, 0.2) is 0 Å². The van der Waals surface area contributed by atoms with E-state index < -0.39 is 0 Å². The van der Waals surface area contributed by atoms with Gasteiger partial charge < -0.3 is 5.32 Å². The third-order valence-corrected chi connectivity index (χ3v) is 3.47. The fraction of sp³-hybridized carbons (Fsp3) is 0.600. The van der Waals surface area contributed by atoms with Gasteiger partial charge in [0, 0.05) is 4.47 Å². The van der Waals surface area contributed by atoms with Gasteiger partial charge >= 0.3 is 0 Å². The predicted molar refractivity (Wildman–Crippen MR) is 79.3 cm³/mol. The minimum atomic E-state index is 0.735. The summed E-state index contributed by atoms with van der Waals surface area (Å²) in [6, 6.07) is 8.65. The topological polar surface area (TPSA) is 12.0 Å². The minimum Gasteiger partial charge on any atom is -0.316 e. The van der Waals surface area contributed by atoms with Crippen molar-refractivity contribution in [2.45, 2.75) is 33.6 Å². The van der Waals surface area contributed by atoms with Crippen LogP contribution >= 0.6 is 15.9 Å². The van der Waals surface area contributed by atoms with E-state index in [1.807, 2.05) is 0 Å². The summed E-state index contributed by atoms with van der Waals surface area (Å²) in [5, 5.41) is 3.56. The number of rotatable bonds is 7. The average molecular weight is 298 g/mol. The first-order chi connectivity index (χ1) is 8.11. The Morgan fingerprint density at radius 3 is 2.59 bits per heavy atom. The van der Waals surface area contributed by atoms with Crippen molar-refractivity contribution in [3.8, 4) is 0 Å². The highest BCUT2D eigenvalue weighted by molar-refractivity contribution is 9.10. The lowest BCUT2D eigenvalue weighted by molar-refractivity contribution is 0.437. The van der Waals surface area contributed by atoms with E-state index in [0.717, 1.165) is 24.9 Å². The maximum Gasteiger partial charge on any atom is 0.0177 e. The lowest BCUT2D eigenvalue weighted by atomic mass is 9.97. The Morgan fingerprint density at radius 1 is 1.24 bits per heavy atom. The maximum absolute atomic E-state index is 3.56. The molecule has 0 radical (unpaired) electrons. The van der Waals surface area contributed by atoms with Crippen LogP contribution in [-0.4, -0.2) is 13.1 Å². The Balaban J connectivity index is 2.41. The molecule has 2 heteroatoms. The van der Waals surface area contributed by atoms with Gasteiger partial charge in [0.2, 0.25) is 0 Å².